The summed E-state index contributed by atoms with van der Waals surface area (Å²) in [5, 5.41) is 11.9. The van der Waals surface area contributed by atoms with E-state index in [0.717, 1.165) is 5.01 Å². The minimum atomic E-state index is -0.461. The number of hydrogen-bond acceptors (Lipinski definition) is 6. The van der Waals surface area contributed by atoms with Crippen molar-refractivity contribution in [2.45, 2.75) is 32.0 Å². The molecule has 7 heteroatoms. The van der Waals surface area contributed by atoms with Crippen LogP contribution in [0.5, 0.6) is 0 Å². The molecule has 2 heterocycles. The van der Waals surface area contributed by atoms with Crippen LogP contribution < -0.4 is 5.73 Å². The van der Waals surface area contributed by atoms with Crippen molar-refractivity contribution in [3.63, 3.8) is 0 Å². The molecule has 112 valence electrons. The van der Waals surface area contributed by atoms with Crippen LogP contribution in [0.15, 0.2) is 5.38 Å². The number of hydrogen-bond donors (Lipinski definition) is 2. The highest BCUT2D eigenvalue weighted by atomic mass is 32.1. The number of aliphatic hydroxyl groups excluding tert-OH is 1. The van der Waals surface area contributed by atoms with Crippen molar-refractivity contribution < 1.29 is 14.6 Å². The molecule has 1 amide bonds. The number of rotatable bonds is 4. The van der Waals surface area contributed by atoms with Crippen molar-refractivity contribution in [3.8, 4) is 0 Å². The van der Waals surface area contributed by atoms with Crippen LogP contribution in [0.1, 0.15) is 29.3 Å². The number of carbonyl (C=O) groups excluding carboxylic acids is 1. The zero-order chi connectivity index (χ0) is 14.8. The summed E-state index contributed by atoms with van der Waals surface area (Å²) in [6.45, 7) is 5.14. The molecule has 0 radical (unpaired) electrons. The van der Waals surface area contributed by atoms with E-state index in [9.17, 15) is 9.90 Å². The monoisotopic (exact) mass is 299 g/mol. The van der Waals surface area contributed by atoms with E-state index in [2.05, 4.69) is 4.98 Å². The average Bonchev–Trinajstić information content (AvgIpc) is 2.85. The molecule has 1 saturated heterocycles. The van der Waals surface area contributed by atoms with Crippen molar-refractivity contribution in [3.05, 3.63) is 16.1 Å². The van der Waals surface area contributed by atoms with E-state index in [1.54, 1.807) is 10.3 Å². The van der Waals surface area contributed by atoms with Crippen LogP contribution >= 0.6 is 11.3 Å². The zero-order valence-corrected chi connectivity index (χ0v) is 12.7. The van der Waals surface area contributed by atoms with Gasteiger partial charge in [-0.05, 0) is 20.4 Å². The molecule has 1 aliphatic rings. The van der Waals surface area contributed by atoms with Crippen LogP contribution in [-0.2, 0) is 11.2 Å². The fourth-order valence-corrected chi connectivity index (χ4v) is 3.14. The van der Waals surface area contributed by atoms with Gasteiger partial charge in [-0.2, -0.15) is 0 Å². The normalized spacial score (nSPS) is 22.0. The smallest absolute Gasteiger partial charge is 0.273 e. The Morgan fingerprint density at radius 1 is 1.70 bits per heavy atom. The van der Waals surface area contributed by atoms with Crippen LogP contribution in [0, 0.1) is 0 Å². The minimum Gasteiger partial charge on any atom is -0.394 e. The molecule has 0 saturated carbocycles. The summed E-state index contributed by atoms with van der Waals surface area (Å²) in [6.07, 6.45) is 0.344. The molecular formula is C13H21N3O3S. The van der Waals surface area contributed by atoms with Crippen LogP contribution in [0.25, 0.3) is 0 Å². The Hall–Kier alpha value is -1.02. The van der Waals surface area contributed by atoms with Gasteiger partial charge in [0.25, 0.3) is 5.91 Å². The highest BCUT2D eigenvalue weighted by Gasteiger charge is 2.36. The Labute approximate surface area is 122 Å². The summed E-state index contributed by atoms with van der Waals surface area (Å²) in [4.78, 5) is 18.5. The molecule has 0 bridgehead atoms. The predicted octanol–water partition coefficient (Wildman–Crippen LogP) is 0.256. The van der Waals surface area contributed by atoms with Gasteiger partial charge in [0.1, 0.15) is 5.69 Å². The van der Waals surface area contributed by atoms with Crippen LogP contribution in [-0.4, -0.2) is 58.8 Å². The van der Waals surface area contributed by atoms with E-state index in [0.29, 0.717) is 31.7 Å². The van der Waals surface area contributed by atoms with Gasteiger partial charge in [-0.15, -0.1) is 11.3 Å². The number of aliphatic hydroxyl groups is 1. The number of amides is 1. The molecule has 1 aromatic rings. The summed E-state index contributed by atoms with van der Waals surface area (Å²) in [5.74, 6) is -0.112. The third kappa shape index (κ3) is 3.54. The third-order valence-corrected chi connectivity index (χ3v) is 4.01. The Morgan fingerprint density at radius 3 is 3.10 bits per heavy atom. The molecule has 3 N–H and O–H groups in total. The summed E-state index contributed by atoms with van der Waals surface area (Å²) in [6, 6.07) is 0. The quantitative estimate of drug-likeness (QED) is 0.832. The first-order chi connectivity index (χ1) is 9.45. The molecule has 0 aromatic carbocycles. The van der Waals surface area contributed by atoms with Gasteiger partial charge < -0.3 is 20.5 Å². The first-order valence-electron chi connectivity index (χ1n) is 6.67. The number of aromatic nitrogens is 1. The van der Waals surface area contributed by atoms with Crippen molar-refractivity contribution in [2.75, 3.05) is 26.2 Å². The molecule has 6 nitrogen and oxygen atoms in total. The van der Waals surface area contributed by atoms with Crippen molar-refractivity contribution >= 4 is 17.2 Å². The topological polar surface area (TPSA) is 88.7 Å². The molecule has 1 fully saturated rings. The fourth-order valence-electron chi connectivity index (χ4n) is 2.35. The number of ether oxygens (including phenoxy) is 1. The lowest BCUT2D eigenvalue weighted by atomic mass is 10.0. The first kappa shape index (κ1) is 15.4. The van der Waals surface area contributed by atoms with Crippen molar-refractivity contribution in [1.29, 1.82) is 0 Å². The maximum absolute atomic E-state index is 12.5. The van der Waals surface area contributed by atoms with Gasteiger partial charge in [-0.3, -0.25) is 4.79 Å². The van der Waals surface area contributed by atoms with E-state index in [4.69, 9.17) is 10.5 Å². The fraction of sp³-hybridized carbons (Fsp3) is 0.692. The molecule has 1 unspecified atom stereocenters. The van der Waals surface area contributed by atoms with E-state index in [1.807, 2.05) is 13.8 Å². The molecule has 1 atom stereocenters. The van der Waals surface area contributed by atoms with Crippen LogP contribution in [0.3, 0.4) is 0 Å². The molecule has 2 rings (SSSR count). The number of morpholine rings is 1. The van der Waals surface area contributed by atoms with E-state index >= 15 is 0 Å². The van der Waals surface area contributed by atoms with Crippen molar-refractivity contribution in [2.24, 2.45) is 5.73 Å². The summed E-state index contributed by atoms with van der Waals surface area (Å²) in [7, 11) is 0. The second kappa shape index (κ2) is 6.17. The second-order valence-electron chi connectivity index (χ2n) is 5.53. The minimum absolute atomic E-state index is 0.0945. The largest absolute Gasteiger partial charge is 0.394 e. The molecular weight excluding hydrogens is 278 g/mol. The highest BCUT2D eigenvalue weighted by molar-refractivity contribution is 7.09. The Bertz CT molecular complexity index is 475. The highest BCUT2D eigenvalue weighted by Crippen LogP contribution is 2.23. The van der Waals surface area contributed by atoms with Gasteiger partial charge in [0.05, 0.1) is 23.3 Å². The van der Waals surface area contributed by atoms with Crippen LogP contribution in [0.4, 0.5) is 0 Å². The lowest BCUT2D eigenvalue weighted by Gasteiger charge is -2.42. The zero-order valence-electron chi connectivity index (χ0n) is 11.8. The SMILES string of the molecule is CC1(C)CN(C(=O)c2csc(CCN)n2)CC(CO)O1. The molecule has 1 aliphatic heterocycles. The molecule has 0 spiro atoms. The number of thiazole rings is 1. The number of nitrogens with two attached hydrogens (primary N) is 1. The van der Waals surface area contributed by atoms with Gasteiger partial charge >= 0.3 is 0 Å². The number of carbonyl (C=O) groups is 1. The van der Waals surface area contributed by atoms with Gasteiger partial charge in [0, 0.05) is 24.9 Å². The predicted molar refractivity (Wildman–Crippen MR) is 76.8 cm³/mol. The van der Waals surface area contributed by atoms with Crippen molar-refractivity contribution in [1.82, 2.24) is 9.88 Å². The third-order valence-electron chi connectivity index (χ3n) is 3.10. The molecule has 1 aromatic heterocycles. The Morgan fingerprint density at radius 2 is 2.45 bits per heavy atom. The van der Waals surface area contributed by atoms with Crippen LogP contribution in [0.2, 0.25) is 0 Å². The molecule has 0 aliphatic carbocycles. The standard InChI is InChI=1S/C13H21N3O3S/c1-13(2)8-16(5-9(6-17)19-13)12(18)10-7-20-11(15-10)3-4-14/h7,9,17H,3-6,8,14H2,1-2H3. The first-order valence-corrected chi connectivity index (χ1v) is 7.55. The average molecular weight is 299 g/mol. The lowest BCUT2D eigenvalue weighted by molar-refractivity contribution is -0.139. The van der Waals surface area contributed by atoms with E-state index in [1.165, 1.54) is 11.3 Å². The van der Waals surface area contributed by atoms with Gasteiger partial charge in [0.15, 0.2) is 0 Å². The van der Waals surface area contributed by atoms with E-state index in [-0.39, 0.29) is 18.6 Å². The summed E-state index contributed by atoms with van der Waals surface area (Å²) < 4.78 is 5.70. The maximum atomic E-state index is 12.5. The maximum Gasteiger partial charge on any atom is 0.273 e. The van der Waals surface area contributed by atoms with E-state index < -0.39 is 5.60 Å². The second-order valence-corrected chi connectivity index (χ2v) is 6.48. The summed E-state index contributed by atoms with van der Waals surface area (Å²) in [5.41, 5.74) is 5.48. The van der Waals surface area contributed by atoms with Gasteiger partial charge in [0.2, 0.25) is 0 Å². The Balaban J connectivity index is 2.10. The Kier molecular flexibility index (Phi) is 4.74. The summed E-state index contributed by atoms with van der Waals surface area (Å²) >= 11 is 1.45. The lowest BCUT2D eigenvalue weighted by Crippen LogP contribution is -2.55. The molecule has 20 heavy (non-hydrogen) atoms. The number of nitrogens with zero attached hydrogens (tertiary/aromatic N) is 2. The van der Waals surface area contributed by atoms with Gasteiger partial charge in [-0.25, -0.2) is 4.98 Å². The van der Waals surface area contributed by atoms with Gasteiger partial charge in [-0.1, -0.05) is 0 Å².